The average molecular weight is 294 g/mol. The Hall–Kier alpha value is -1.04. The summed E-state index contributed by atoms with van der Waals surface area (Å²) in [6.07, 6.45) is -6.26. The van der Waals surface area contributed by atoms with Crippen molar-refractivity contribution in [3.63, 3.8) is 0 Å². The fourth-order valence-corrected chi connectivity index (χ4v) is 2.31. The summed E-state index contributed by atoms with van der Waals surface area (Å²) < 4.78 is 43.1. The van der Waals surface area contributed by atoms with E-state index in [4.69, 9.17) is 0 Å². The summed E-state index contributed by atoms with van der Waals surface area (Å²) in [4.78, 5) is 11.5. The van der Waals surface area contributed by atoms with Crippen molar-refractivity contribution in [3.05, 3.63) is 22.4 Å². The Balaban J connectivity index is 2.57. The van der Waals surface area contributed by atoms with Gasteiger partial charge in [-0.2, -0.15) is 24.5 Å². The molecule has 1 heterocycles. The second kappa shape index (κ2) is 5.94. The highest BCUT2D eigenvalue weighted by molar-refractivity contribution is 7.07. The fraction of sp³-hybridized carbons (Fsp3) is 0.615. The number of halogens is 3. The predicted octanol–water partition coefficient (Wildman–Crippen LogP) is 4.20. The van der Waals surface area contributed by atoms with Crippen molar-refractivity contribution in [2.75, 3.05) is 0 Å². The first-order chi connectivity index (χ1) is 8.60. The molecule has 0 aliphatic heterocycles. The maximum absolute atomic E-state index is 12.8. The van der Waals surface area contributed by atoms with Crippen LogP contribution in [0, 0.1) is 5.41 Å². The number of hydrogen-bond acceptors (Lipinski definition) is 3. The molecule has 1 aromatic rings. The molecule has 0 aromatic carbocycles. The quantitative estimate of drug-likeness (QED) is 0.778. The third-order valence-corrected chi connectivity index (χ3v) is 3.26. The molecule has 1 aromatic heterocycles. The molecule has 1 atom stereocenters. The Labute approximate surface area is 114 Å². The lowest BCUT2D eigenvalue weighted by atomic mass is 9.88. The van der Waals surface area contributed by atoms with Gasteiger partial charge in [0.25, 0.3) is 0 Å². The van der Waals surface area contributed by atoms with E-state index in [1.165, 1.54) is 32.1 Å². The Kier molecular flexibility index (Phi) is 5.01. The molecule has 6 heteroatoms. The Morgan fingerprint density at radius 1 is 1.37 bits per heavy atom. The lowest BCUT2D eigenvalue weighted by Crippen LogP contribution is -2.43. The Morgan fingerprint density at radius 3 is 2.42 bits per heavy atom. The van der Waals surface area contributed by atoms with E-state index in [2.05, 4.69) is 4.74 Å². The molecule has 1 unspecified atom stereocenters. The van der Waals surface area contributed by atoms with E-state index < -0.39 is 23.7 Å². The summed E-state index contributed by atoms with van der Waals surface area (Å²) >= 11 is 1.48. The number of aryl methyl sites for hydroxylation is 1. The standard InChI is InChI=1S/C13H17F3O2S/c1-12(2,3)11(13(14,15)16)18-10(17)5-4-9-6-7-19-8-9/h6-8,11H,4-5H2,1-3H3. The van der Waals surface area contributed by atoms with Gasteiger partial charge in [0, 0.05) is 11.8 Å². The van der Waals surface area contributed by atoms with Gasteiger partial charge in [-0.15, -0.1) is 0 Å². The van der Waals surface area contributed by atoms with Crippen molar-refractivity contribution >= 4 is 17.3 Å². The van der Waals surface area contributed by atoms with Crippen LogP contribution in [-0.4, -0.2) is 18.2 Å². The molecule has 1 rings (SSSR count). The molecule has 0 saturated carbocycles. The van der Waals surface area contributed by atoms with E-state index >= 15 is 0 Å². The van der Waals surface area contributed by atoms with Gasteiger partial charge in [0.05, 0.1) is 0 Å². The molecule has 0 radical (unpaired) electrons. The van der Waals surface area contributed by atoms with Crippen LogP contribution in [0.25, 0.3) is 0 Å². The number of alkyl halides is 3. The maximum Gasteiger partial charge on any atom is 0.426 e. The normalized spacial score (nSPS) is 14.2. The molecular formula is C13H17F3O2S. The minimum absolute atomic E-state index is 0.0423. The van der Waals surface area contributed by atoms with Crippen LogP contribution in [-0.2, 0) is 16.0 Å². The molecule has 0 spiro atoms. The highest BCUT2D eigenvalue weighted by Crippen LogP contribution is 2.36. The zero-order valence-electron chi connectivity index (χ0n) is 11.1. The lowest BCUT2D eigenvalue weighted by molar-refractivity contribution is -0.244. The number of thiophene rings is 1. The van der Waals surface area contributed by atoms with E-state index in [1.807, 2.05) is 16.8 Å². The molecule has 0 aliphatic carbocycles. The largest absolute Gasteiger partial charge is 0.452 e. The first-order valence-corrected chi connectivity index (χ1v) is 6.82. The first-order valence-electron chi connectivity index (χ1n) is 5.88. The average Bonchev–Trinajstić information content (AvgIpc) is 2.72. The van der Waals surface area contributed by atoms with Gasteiger partial charge in [0.15, 0.2) is 0 Å². The van der Waals surface area contributed by atoms with E-state index in [9.17, 15) is 18.0 Å². The molecule has 0 amide bonds. The monoisotopic (exact) mass is 294 g/mol. The Bertz CT molecular complexity index is 391. The number of rotatable bonds is 4. The van der Waals surface area contributed by atoms with E-state index in [0.717, 1.165) is 5.56 Å². The summed E-state index contributed by atoms with van der Waals surface area (Å²) in [6, 6.07) is 1.84. The number of esters is 1. The molecule has 0 bridgehead atoms. The van der Waals surface area contributed by atoms with Crippen LogP contribution in [0.4, 0.5) is 13.2 Å². The predicted molar refractivity (Wildman–Crippen MR) is 68.0 cm³/mol. The number of carbonyl (C=O) groups excluding carboxylic acids is 1. The SMILES string of the molecule is CC(C)(C)C(OC(=O)CCc1ccsc1)C(F)(F)F. The van der Waals surface area contributed by atoms with Gasteiger partial charge < -0.3 is 4.74 Å². The van der Waals surface area contributed by atoms with Gasteiger partial charge in [-0.05, 0) is 28.8 Å². The zero-order valence-corrected chi connectivity index (χ0v) is 11.9. The molecule has 0 saturated heterocycles. The number of carbonyl (C=O) groups is 1. The highest BCUT2D eigenvalue weighted by Gasteiger charge is 2.49. The van der Waals surface area contributed by atoms with Gasteiger partial charge in [-0.1, -0.05) is 20.8 Å². The van der Waals surface area contributed by atoms with Crippen molar-refractivity contribution < 1.29 is 22.7 Å². The van der Waals surface area contributed by atoms with Crippen LogP contribution in [0.1, 0.15) is 32.8 Å². The molecule has 0 N–H and O–H groups in total. The maximum atomic E-state index is 12.8. The topological polar surface area (TPSA) is 26.3 Å². The highest BCUT2D eigenvalue weighted by atomic mass is 32.1. The van der Waals surface area contributed by atoms with E-state index in [1.54, 1.807) is 0 Å². The second-order valence-electron chi connectivity index (χ2n) is 5.41. The van der Waals surface area contributed by atoms with Crippen LogP contribution in [0.5, 0.6) is 0 Å². The van der Waals surface area contributed by atoms with Crippen molar-refractivity contribution in [1.82, 2.24) is 0 Å². The van der Waals surface area contributed by atoms with Crippen LogP contribution in [0.15, 0.2) is 16.8 Å². The van der Waals surface area contributed by atoms with E-state index in [0.29, 0.717) is 6.42 Å². The summed E-state index contributed by atoms with van der Waals surface area (Å²) in [5.41, 5.74) is -0.239. The minimum Gasteiger partial charge on any atom is -0.452 e. The van der Waals surface area contributed by atoms with Gasteiger partial charge in [-0.25, -0.2) is 0 Å². The second-order valence-corrected chi connectivity index (χ2v) is 6.19. The first kappa shape index (κ1) is 16.0. The minimum atomic E-state index is -4.55. The zero-order chi connectivity index (χ0) is 14.7. The van der Waals surface area contributed by atoms with Crippen LogP contribution in [0.3, 0.4) is 0 Å². The van der Waals surface area contributed by atoms with Gasteiger partial charge in [0.2, 0.25) is 6.10 Å². The van der Waals surface area contributed by atoms with Gasteiger partial charge in [-0.3, -0.25) is 4.79 Å². The van der Waals surface area contributed by atoms with Crippen LogP contribution < -0.4 is 0 Å². The fourth-order valence-electron chi connectivity index (χ4n) is 1.61. The van der Waals surface area contributed by atoms with Gasteiger partial charge >= 0.3 is 12.1 Å². The third-order valence-electron chi connectivity index (χ3n) is 2.53. The van der Waals surface area contributed by atoms with Crippen molar-refractivity contribution in [2.45, 2.75) is 45.9 Å². The Morgan fingerprint density at radius 2 is 2.00 bits per heavy atom. The summed E-state index contributed by atoms with van der Waals surface area (Å²) in [7, 11) is 0. The van der Waals surface area contributed by atoms with Crippen LogP contribution >= 0.6 is 11.3 Å². The summed E-state index contributed by atoms with van der Waals surface area (Å²) in [5, 5.41) is 3.71. The number of hydrogen-bond donors (Lipinski definition) is 0. The molecule has 108 valence electrons. The number of ether oxygens (including phenoxy) is 1. The van der Waals surface area contributed by atoms with Crippen molar-refractivity contribution in [2.24, 2.45) is 5.41 Å². The molecule has 0 aliphatic rings. The molecule has 0 fully saturated rings. The summed E-state index contributed by atoms with van der Waals surface area (Å²) in [6.45, 7) is 4.20. The third kappa shape index (κ3) is 5.22. The van der Waals surface area contributed by atoms with Gasteiger partial charge in [0.1, 0.15) is 0 Å². The molecule has 19 heavy (non-hydrogen) atoms. The lowest BCUT2D eigenvalue weighted by Gasteiger charge is -2.31. The molecular weight excluding hydrogens is 277 g/mol. The van der Waals surface area contributed by atoms with Crippen LogP contribution in [0.2, 0.25) is 0 Å². The van der Waals surface area contributed by atoms with Crippen molar-refractivity contribution in [1.29, 1.82) is 0 Å². The molecule has 2 nitrogen and oxygen atoms in total. The summed E-state index contributed by atoms with van der Waals surface area (Å²) in [5.74, 6) is -0.816. The smallest absolute Gasteiger partial charge is 0.426 e. The van der Waals surface area contributed by atoms with Crippen molar-refractivity contribution in [3.8, 4) is 0 Å². The van der Waals surface area contributed by atoms with E-state index in [-0.39, 0.29) is 6.42 Å².